The molecule has 0 aromatic rings. The van der Waals surface area contributed by atoms with Gasteiger partial charge in [0.1, 0.15) is 13.6 Å². The third-order valence-electron chi connectivity index (χ3n) is 2.17. The van der Waals surface area contributed by atoms with Crippen molar-refractivity contribution in [3.63, 3.8) is 0 Å². The molecule has 0 N–H and O–H groups in total. The van der Waals surface area contributed by atoms with E-state index >= 15 is 0 Å². The predicted molar refractivity (Wildman–Crippen MR) is 78.0 cm³/mol. The Morgan fingerprint density at radius 1 is 0.867 bits per heavy atom. The third kappa shape index (κ3) is 3.94. The normalized spacial score (nSPS) is 15.5. The van der Waals surface area contributed by atoms with E-state index < -0.39 is 13.6 Å². The molecule has 1 nitrogen and oxygen atoms in total. The quantitative estimate of drug-likeness (QED) is 0.489. The topological polar surface area (TPSA) is 17.1 Å². The van der Waals surface area contributed by atoms with Gasteiger partial charge in [0.15, 0.2) is 0 Å². The number of hydrogen-bond acceptors (Lipinski definition) is 2. The fourth-order valence-electron chi connectivity index (χ4n) is 1.67. The summed E-state index contributed by atoms with van der Waals surface area (Å²) in [6.45, 7) is 19.5. The van der Waals surface area contributed by atoms with E-state index in [0.717, 1.165) is 0 Å². The van der Waals surface area contributed by atoms with Crippen molar-refractivity contribution in [1.82, 2.24) is 0 Å². The first-order valence-corrected chi connectivity index (χ1v) is 12.9. The molecule has 0 amide bonds. The van der Waals surface area contributed by atoms with Crippen LogP contribution in [0.5, 0.6) is 0 Å². The van der Waals surface area contributed by atoms with Crippen LogP contribution >= 0.6 is 17.2 Å². The van der Waals surface area contributed by atoms with Crippen LogP contribution in [-0.2, 0) is 4.57 Å². The average molecular weight is 266 g/mol. The van der Waals surface area contributed by atoms with Gasteiger partial charge in [0.2, 0.25) is 0 Å². The second-order valence-electron chi connectivity index (χ2n) is 7.10. The van der Waals surface area contributed by atoms with Crippen LogP contribution in [0.3, 0.4) is 0 Å². The van der Waals surface area contributed by atoms with Gasteiger partial charge in [-0.3, -0.25) is 0 Å². The molecule has 0 unspecified atom stereocenters. The first-order valence-electron chi connectivity index (χ1n) is 5.52. The van der Waals surface area contributed by atoms with Crippen molar-refractivity contribution in [2.24, 2.45) is 0 Å². The highest BCUT2D eigenvalue weighted by molar-refractivity contribution is 8.72. The molecule has 0 saturated heterocycles. The van der Waals surface area contributed by atoms with E-state index in [0.29, 0.717) is 0 Å². The van der Waals surface area contributed by atoms with Crippen LogP contribution in [0.2, 0.25) is 19.6 Å². The number of hydrogen-bond donors (Lipinski definition) is 0. The van der Waals surface area contributed by atoms with Crippen molar-refractivity contribution in [2.75, 3.05) is 0 Å². The maximum Gasteiger partial charge on any atom is 0.143 e. The van der Waals surface area contributed by atoms with Gasteiger partial charge in [0.05, 0.1) is 0 Å². The lowest BCUT2D eigenvalue weighted by atomic mass is 10.2. The molecule has 0 aliphatic rings. The highest BCUT2D eigenvalue weighted by Crippen LogP contribution is 2.77. The van der Waals surface area contributed by atoms with Crippen molar-refractivity contribution in [3.05, 3.63) is 0 Å². The Hall–Kier alpha value is 0.797. The maximum absolute atomic E-state index is 13.3. The van der Waals surface area contributed by atoms with Gasteiger partial charge >= 0.3 is 0 Å². The van der Waals surface area contributed by atoms with Gasteiger partial charge in [0.25, 0.3) is 0 Å². The fourth-order valence-corrected chi connectivity index (χ4v) is 20.8. The first kappa shape index (κ1) is 15.8. The summed E-state index contributed by atoms with van der Waals surface area (Å²) >= 11 is 0. The van der Waals surface area contributed by atoms with Crippen molar-refractivity contribution in [3.8, 4) is 0 Å². The summed E-state index contributed by atoms with van der Waals surface area (Å²) in [7, 11) is 0.454. The van der Waals surface area contributed by atoms with Crippen molar-refractivity contribution in [1.29, 1.82) is 0 Å². The highest BCUT2D eigenvalue weighted by Gasteiger charge is 2.48. The minimum absolute atomic E-state index is 0.101. The molecular weight excluding hydrogens is 239 g/mol. The van der Waals surface area contributed by atoms with Crippen LogP contribution in [0.4, 0.5) is 0 Å². The van der Waals surface area contributed by atoms with Gasteiger partial charge in [-0.05, 0) is 0 Å². The highest BCUT2D eigenvalue weighted by atomic mass is 32.9. The summed E-state index contributed by atoms with van der Waals surface area (Å²) in [5.41, 5.74) is 0. The second-order valence-corrected chi connectivity index (χ2v) is 22.7. The van der Waals surface area contributed by atoms with E-state index in [4.69, 9.17) is 0 Å². The molecule has 0 radical (unpaired) electrons. The van der Waals surface area contributed by atoms with Gasteiger partial charge in [-0.25, -0.2) is 0 Å². The van der Waals surface area contributed by atoms with E-state index in [9.17, 15) is 4.57 Å². The molecule has 0 aromatic heterocycles. The molecule has 0 heterocycles. The summed E-state index contributed by atoms with van der Waals surface area (Å²) in [5, 5.41) is -0.202. The third-order valence-corrected chi connectivity index (χ3v) is 19.5. The lowest BCUT2D eigenvalue weighted by Gasteiger charge is -2.43. The zero-order valence-electron chi connectivity index (χ0n) is 11.8. The van der Waals surface area contributed by atoms with Gasteiger partial charge in [-0.2, -0.15) is 0 Å². The molecule has 0 aromatic carbocycles. The van der Waals surface area contributed by atoms with Gasteiger partial charge in [0, 0.05) is 10.3 Å². The molecule has 0 rings (SSSR count). The minimum Gasteiger partial charge on any atom is -0.312 e. The van der Waals surface area contributed by atoms with E-state index in [2.05, 4.69) is 61.2 Å². The summed E-state index contributed by atoms with van der Waals surface area (Å²) in [4.78, 5) is 0. The Labute approximate surface area is 101 Å². The molecule has 4 heteroatoms. The Morgan fingerprint density at radius 3 is 1.20 bits per heavy atom. The largest absolute Gasteiger partial charge is 0.312 e. The predicted octanol–water partition coefficient (Wildman–Crippen LogP) is 5.43. The smallest absolute Gasteiger partial charge is 0.143 e. The van der Waals surface area contributed by atoms with Crippen LogP contribution in [0.1, 0.15) is 41.5 Å². The molecule has 0 saturated carbocycles. The van der Waals surface area contributed by atoms with Crippen molar-refractivity contribution in [2.45, 2.75) is 71.5 Å². The van der Waals surface area contributed by atoms with Crippen LogP contribution in [0.15, 0.2) is 0 Å². The van der Waals surface area contributed by atoms with E-state index in [1.807, 2.05) is 10.8 Å². The van der Waals surface area contributed by atoms with Crippen LogP contribution in [0.25, 0.3) is 0 Å². The lowest BCUT2D eigenvalue weighted by molar-refractivity contribution is 0.534. The van der Waals surface area contributed by atoms with E-state index in [-0.39, 0.29) is 10.3 Å². The molecular formula is C11H27OPSSi. The first-order chi connectivity index (χ1) is 6.21. The molecule has 0 spiro atoms. The zero-order valence-corrected chi connectivity index (χ0v) is 14.5. The summed E-state index contributed by atoms with van der Waals surface area (Å²) in [5.74, 6) is 0. The second kappa shape index (κ2) is 4.23. The fraction of sp³-hybridized carbons (Fsp3) is 1.00. The summed E-state index contributed by atoms with van der Waals surface area (Å²) in [6, 6.07) is 0. The summed E-state index contributed by atoms with van der Waals surface area (Å²) < 4.78 is 13.3. The van der Waals surface area contributed by atoms with E-state index in [1.54, 1.807) is 0 Å². The van der Waals surface area contributed by atoms with Gasteiger partial charge in [-0.1, -0.05) is 61.2 Å². The molecule has 92 valence electrons. The maximum atomic E-state index is 13.3. The zero-order chi connectivity index (χ0) is 12.7. The van der Waals surface area contributed by atoms with Crippen molar-refractivity contribution >= 4 is 24.4 Å². The summed E-state index contributed by atoms with van der Waals surface area (Å²) in [6.07, 6.45) is -2.23. The Bertz CT molecular complexity index is 250. The molecule has 0 atom stereocenters. The average Bonchev–Trinajstić information content (AvgIpc) is 1.77. The molecule has 15 heavy (non-hydrogen) atoms. The standard InChI is InChI=1S/C11H27OPSSi/c1-10(2,3)13(12,11(4,5)6)14-15(7,8)9/h1-9H3. The molecule has 0 aliphatic carbocycles. The van der Waals surface area contributed by atoms with E-state index in [1.165, 1.54) is 0 Å². The Morgan fingerprint density at radius 2 is 1.13 bits per heavy atom. The molecule has 0 bridgehead atoms. The van der Waals surface area contributed by atoms with Gasteiger partial charge < -0.3 is 4.57 Å². The van der Waals surface area contributed by atoms with Crippen LogP contribution in [0, 0.1) is 0 Å². The van der Waals surface area contributed by atoms with Crippen molar-refractivity contribution < 1.29 is 4.57 Å². The minimum atomic E-state index is -2.23. The van der Waals surface area contributed by atoms with Crippen LogP contribution < -0.4 is 0 Å². The monoisotopic (exact) mass is 266 g/mol. The lowest BCUT2D eigenvalue weighted by Crippen LogP contribution is -2.30. The molecule has 0 aliphatic heterocycles. The Balaban J connectivity index is 5.37. The number of rotatable bonds is 2. The Kier molecular flexibility index (Phi) is 4.46. The SMILES string of the molecule is CC(C)(C)P(=O)(S[Si](C)(C)C)C(C)(C)C. The van der Waals surface area contributed by atoms with Gasteiger partial charge in [-0.15, -0.1) is 10.8 Å². The molecule has 0 fully saturated rings. The van der Waals surface area contributed by atoms with Crippen LogP contribution in [-0.4, -0.2) is 17.5 Å².